The molecule has 0 N–H and O–H groups in total. The molecule has 3 heteroatoms. The molecule has 0 amide bonds. The van der Waals surface area contributed by atoms with Crippen molar-refractivity contribution in [2.75, 3.05) is 0 Å². The van der Waals surface area contributed by atoms with Crippen molar-refractivity contribution in [3.05, 3.63) is 73.2 Å². The van der Waals surface area contributed by atoms with E-state index in [0.29, 0.717) is 0 Å². The minimum atomic E-state index is 0.956. The summed E-state index contributed by atoms with van der Waals surface area (Å²) in [5.41, 5.74) is 3.10. The van der Waals surface area contributed by atoms with Gasteiger partial charge in [-0.05, 0) is 16.0 Å². The van der Waals surface area contributed by atoms with Gasteiger partial charge in [0.15, 0.2) is 6.33 Å². The highest BCUT2D eigenvalue weighted by Crippen LogP contribution is 2.24. The van der Waals surface area contributed by atoms with Gasteiger partial charge in [-0.3, -0.25) is 0 Å². The number of fused-ring (bicyclic) bond motifs is 3. The fourth-order valence-electron chi connectivity index (χ4n) is 2.55. The Morgan fingerprint density at radius 3 is 2.50 bits per heavy atom. The molecule has 0 bridgehead atoms. The van der Waals surface area contributed by atoms with Crippen LogP contribution >= 0.6 is 0 Å². The topological polar surface area (TPSA) is 29.9 Å². The Bertz CT molecular complexity index is 901. The predicted octanol–water partition coefficient (Wildman–Crippen LogP) is 3.04. The normalized spacial score (nSPS) is 11.0. The fraction of sp³-hybridized carbons (Fsp3) is 0. The molecule has 94 valence electrons. The van der Waals surface area contributed by atoms with Gasteiger partial charge >= 0.3 is 0 Å². The summed E-state index contributed by atoms with van der Waals surface area (Å²) in [4.78, 5) is 4.50. The Kier molecular flexibility index (Phi) is 2.42. The average molecular weight is 258 g/mol. The minimum Gasteiger partial charge on any atom is -0.223 e. The molecular weight excluding hydrogens is 246 g/mol. The van der Waals surface area contributed by atoms with Crippen LogP contribution in [0.25, 0.3) is 27.5 Å². The Balaban J connectivity index is 2.19. The third-order valence-corrected chi connectivity index (χ3v) is 3.47. The van der Waals surface area contributed by atoms with E-state index in [1.165, 1.54) is 5.39 Å². The molecule has 4 rings (SSSR count). The number of benzene rings is 2. The lowest BCUT2D eigenvalue weighted by atomic mass is 10.1. The predicted molar refractivity (Wildman–Crippen MR) is 78.1 cm³/mol. The summed E-state index contributed by atoms with van der Waals surface area (Å²) in [5.74, 6) is 0. The van der Waals surface area contributed by atoms with Crippen molar-refractivity contribution < 1.29 is 4.52 Å². The summed E-state index contributed by atoms with van der Waals surface area (Å²) in [6.45, 7) is 0. The van der Waals surface area contributed by atoms with Crippen LogP contribution in [0.2, 0.25) is 0 Å². The first-order valence-corrected chi connectivity index (χ1v) is 6.53. The van der Waals surface area contributed by atoms with Crippen molar-refractivity contribution in [2.24, 2.45) is 0 Å². The second kappa shape index (κ2) is 4.38. The van der Waals surface area contributed by atoms with Crippen LogP contribution in [-0.2, 0) is 0 Å². The summed E-state index contributed by atoms with van der Waals surface area (Å²) in [7, 11) is 0. The Labute approximate surface area is 116 Å². The minimum absolute atomic E-state index is 0.956. The van der Waals surface area contributed by atoms with Crippen LogP contribution in [0.4, 0.5) is 0 Å². The van der Waals surface area contributed by atoms with Gasteiger partial charge < -0.3 is 0 Å². The van der Waals surface area contributed by atoms with Gasteiger partial charge in [-0.2, -0.15) is 0 Å². The van der Waals surface area contributed by atoms with E-state index in [4.69, 9.17) is 0 Å². The van der Waals surface area contributed by atoms with Crippen LogP contribution in [-0.4, -0.2) is 10.1 Å². The summed E-state index contributed by atoms with van der Waals surface area (Å²) in [6, 6.07) is 20.6. The van der Waals surface area contributed by atoms with E-state index < -0.39 is 0 Å². The van der Waals surface area contributed by atoms with Gasteiger partial charge in [0.05, 0.1) is 5.39 Å². The summed E-state index contributed by atoms with van der Waals surface area (Å²) >= 11 is 0. The standard InChI is InChI=1S/C17H12N3/c1-2-7-14(8-3-1)16-17-15-9-5-4-6-13(15)10-11-20(17)19-12-18-16/h1-12H/q+1. The molecule has 0 aliphatic heterocycles. The third kappa shape index (κ3) is 1.64. The van der Waals surface area contributed by atoms with Crippen LogP contribution in [0.15, 0.2) is 73.2 Å². The molecular formula is C17H12N3+. The molecule has 2 aromatic carbocycles. The Hall–Kier alpha value is -2.81. The highest BCUT2D eigenvalue weighted by molar-refractivity contribution is 5.99. The van der Waals surface area contributed by atoms with Gasteiger partial charge in [0.1, 0.15) is 5.69 Å². The number of hydrogen-bond acceptors (Lipinski definition) is 2. The van der Waals surface area contributed by atoms with Crippen molar-refractivity contribution in [1.82, 2.24) is 10.1 Å². The van der Waals surface area contributed by atoms with Crippen LogP contribution in [0.3, 0.4) is 0 Å². The molecule has 20 heavy (non-hydrogen) atoms. The van der Waals surface area contributed by atoms with E-state index in [2.05, 4.69) is 40.4 Å². The molecule has 0 unspecified atom stereocenters. The van der Waals surface area contributed by atoms with Gasteiger partial charge in [0, 0.05) is 16.7 Å². The molecule has 0 saturated carbocycles. The number of nitrogens with zero attached hydrogens (tertiary/aromatic N) is 3. The average Bonchev–Trinajstić information content (AvgIpc) is 2.55. The van der Waals surface area contributed by atoms with Gasteiger partial charge in [-0.15, -0.1) is 0 Å². The lowest BCUT2D eigenvalue weighted by molar-refractivity contribution is -0.580. The van der Waals surface area contributed by atoms with E-state index >= 15 is 0 Å². The maximum Gasteiger partial charge on any atom is 0.272 e. The van der Waals surface area contributed by atoms with Gasteiger partial charge in [0.2, 0.25) is 6.20 Å². The summed E-state index contributed by atoms with van der Waals surface area (Å²) in [6.07, 6.45) is 3.58. The first kappa shape index (κ1) is 11.1. The number of hydrogen-bond donors (Lipinski definition) is 0. The highest BCUT2D eigenvalue weighted by atomic mass is 15.2. The zero-order valence-corrected chi connectivity index (χ0v) is 10.8. The molecule has 0 aliphatic carbocycles. The SMILES string of the molecule is c1ccc(-c2ncn[n+]3ccc4ccccc4c23)cc1. The molecule has 0 atom stereocenters. The zero-order chi connectivity index (χ0) is 13.4. The molecule has 4 aromatic rings. The Morgan fingerprint density at radius 2 is 1.60 bits per heavy atom. The molecule has 0 aliphatic rings. The maximum atomic E-state index is 4.50. The van der Waals surface area contributed by atoms with E-state index in [-0.39, 0.29) is 0 Å². The molecule has 0 fully saturated rings. The summed E-state index contributed by atoms with van der Waals surface area (Å²) < 4.78 is 1.89. The van der Waals surface area contributed by atoms with Gasteiger partial charge in [0.25, 0.3) is 5.52 Å². The quantitative estimate of drug-likeness (QED) is 0.388. The smallest absolute Gasteiger partial charge is 0.223 e. The highest BCUT2D eigenvalue weighted by Gasteiger charge is 2.16. The van der Waals surface area contributed by atoms with E-state index in [9.17, 15) is 0 Å². The maximum absolute atomic E-state index is 4.50. The third-order valence-electron chi connectivity index (χ3n) is 3.47. The molecule has 0 spiro atoms. The van der Waals surface area contributed by atoms with Crippen molar-refractivity contribution in [1.29, 1.82) is 0 Å². The van der Waals surface area contributed by atoms with Crippen LogP contribution in [0, 0.1) is 0 Å². The molecule has 2 heterocycles. The van der Waals surface area contributed by atoms with Crippen LogP contribution in [0.1, 0.15) is 0 Å². The van der Waals surface area contributed by atoms with Crippen molar-refractivity contribution in [2.45, 2.75) is 0 Å². The molecule has 0 radical (unpaired) electrons. The Morgan fingerprint density at radius 1 is 0.800 bits per heavy atom. The van der Waals surface area contributed by atoms with Crippen molar-refractivity contribution in [3.63, 3.8) is 0 Å². The van der Waals surface area contributed by atoms with Crippen molar-refractivity contribution in [3.8, 4) is 11.3 Å². The molecule has 2 aromatic heterocycles. The van der Waals surface area contributed by atoms with E-state index in [1.807, 2.05) is 41.0 Å². The van der Waals surface area contributed by atoms with Crippen molar-refractivity contribution >= 4 is 16.3 Å². The van der Waals surface area contributed by atoms with Gasteiger partial charge in [-0.25, -0.2) is 4.98 Å². The van der Waals surface area contributed by atoms with Gasteiger partial charge in [-0.1, -0.05) is 48.5 Å². The van der Waals surface area contributed by atoms with E-state index in [0.717, 1.165) is 22.2 Å². The van der Waals surface area contributed by atoms with Crippen LogP contribution in [0.5, 0.6) is 0 Å². The number of pyridine rings is 1. The van der Waals surface area contributed by atoms with E-state index in [1.54, 1.807) is 6.33 Å². The largest absolute Gasteiger partial charge is 0.272 e. The second-order valence-corrected chi connectivity index (χ2v) is 4.67. The zero-order valence-electron chi connectivity index (χ0n) is 10.8. The lowest BCUT2D eigenvalue weighted by Crippen LogP contribution is -2.27. The second-order valence-electron chi connectivity index (χ2n) is 4.67. The summed E-state index contributed by atoms with van der Waals surface area (Å²) in [5, 5.41) is 6.68. The lowest BCUT2D eigenvalue weighted by Gasteiger charge is -2.02. The first-order chi connectivity index (χ1) is 9.93. The molecule has 3 nitrogen and oxygen atoms in total. The molecule has 0 saturated heterocycles. The fourth-order valence-corrected chi connectivity index (χ4v) is 2.55. The monoisotopic (exact) mass is 258 g/mol. The first-order valence-electron chi connectivity index (χ1n) is 6.53. The number of rotatable bonds is 1. The number of aromatic nitrogens is 3. The van der Waals surface area contributed by atoms with Crippen LogP contribution < -0.4 is 4.52 Å².